The van der Waals surface area contributed by atoms with Gasteiger partial charge in [0, 0.05) is 103 Å². The molecule has 0 aliphatic carbocycles. The third-order valence-electron chi connectivity index (χ3n) is 8.35. The van der Waals surface area contributed by atoms with Crippen molar-refractivity contribution in [3.8, 4) is 0 Å². The summed E-state index contributed by atoms with van der Waals surface area (Å²) in [5.41, 5.74) is -0.501. The van der Waals surface area contributed by atoms with E-state index < -0.39 is 0 Å². The van der Waals surface area contributed by atoms with Gasteiger partial charge < -0.3 is 40.0 Å². The molecule has 0 aromatic heterocycles. The normalized spacial score (nSPS) is 21.3. The van der Waals surface area contributed by atoms with Gasteiger partial charge in [-0.15, -0.1) is 0 Å². The zero-order valence-electron chi connectivity index (χ0n) is 29.2. The lowest BCUT2D eigenvalue weighted by Gasteiger charge is -2.50. The van der Waals surface area contributed by atoms with Gasteiger partial charge in [0.05, 0.1) is 0 Å². The minimum Gasteiger partial charge on any atom is -0.331 e. The van der Waals surface area contributed by atoms with E-state index in [1.165, 1.54) is 0 Å². The van der Waals surface area contributed by atoms with Gasteiger partial charge in [0.1, 0.15) is 0 Å². The van der Waals surface area contributed by atoms with E-state index in [2.05, 4.69) is 66.0 Å². The van der Waals surface area contributed by atoms with E-state index in [9.17, 15) is 14.4 Å². The number of nitrogens with zero attached hydrogens (tertiary/aromatic N) is 6. The van der Waals surface area contributed by atoms with Crippen LogP contribution in [0.25, 0.3) is 0 Å². The fourth-order valence-corrected chi connectivity index (χ4v) is 7.40. The molecule has 0 unspecified atom stereocenters. The first-order valence-corrected chi connectivity index (χ1v) is 15.5. The van der Waals surface area contributed by atoms with E-state index in [1.807, 2.05) is 9.80 Å². The van der Waals surface area contributed by atoms with Crippen LogP contribution in [0.1, 0.15) is 81.1 Å². The highest BCUT2D eigenvalue weighted by Crippen LogP contribution is 2.33. The summed E-state index contributed by atoms with van der Waals surface area (Å²) >= 11 is 0. The first kappa shape index (κ1) is 35.9. The predicted octanol–water partition coefficient (Wildman–Crippen LogP) is 3.56. The minimum absolute atomic E-state index is 0.0356. The van der Waals surface area contributed by atoms with Crippen molar-refractivity contribution < 1.29 is 14.4 Å². The van der Waals surface area contributed by atoms with Crippen LogP contribution in [-0.4, -0.2) is 150 Å². The summed E-state index contributed by atoms with van der Waals surface area (Å²) in [5.74, 6) is 0. The minimum atomic E-state index is -0.125. The molecule has 0 aromatic carbocycles. The maximum atomic E-state index is 13.5. The molecular weight excluding hydrogens is 532 g/mol. The lowest BCUT2D eigenvalue weighted by molar-refractivity contribution is 0.0610. The van der Waals surface area contributed by atoms with E-state index in [4.69, 9.17) is 0 Å². The molecule has 42 heavy (non-hydrogen) atoms. The Balaban J connectivity index is 2.32. The first-order valence-electron chi connectivity index (χ1n) is 15.5. The van der Waals surface area contributed by atoms with Crippen LogP contribution in [0.4, 0.5) is 14.4 Å². The van der Waals surface area contributed by atoms with Crippen LogP contribution in [0.15, 0.2) is 0 Å². The van der Waals surface area contributed by atoms with Gasteiger partial charge in [0.25, 0.3) is 0 Å². The Kier molecular flexibility index (Phi) is 11.3. The topological polar surface area (TPSA) is 94.7 Å². The first-order chi connectivity index (χ1) is 19.0. The molecule has 0 aromatic rings. The molecule has 0 bridgehead atoms. The Morgan fingerprint density at radius 3 is 1.00 bits per heavy atom. The summed E-state index contributed by atoms with van der Waals surface area (Å²) in [5, 5.41) is 7.42. The van der Waals surface area contributed by atoms with Crippen LogP contribution in [-0.2, 0) is 0 Å². The Morgan fingerprint density at radius 1 is 0.500 bits per heavy atom. The van der Waals surface area contributed by atoms with Gasteiger partial charge in [-0.25, -0.2) is 14.4 Å². The van der Waals surface area contributed by atoms with Crippen molar-refractivity contribution in [1.82, 2.24) is 40.0 Å². The van der Waals surface area contributed by atoms with Crippen molar-refractivity contribution in [2.45, 2.75) is 115 Å². The lowest BCUT2D eigenvalue weighted by Crippen LogP contribution is -2.64. The van der Waals surface area contributed by atoms with E-state index >= 15 is 0 Å². The summed E-state index contributed by atoms with van der Waals surface area (Å²) in [7, 11) is 10.6. The van der Waals surface area contributed by atoms with Crippen LogP contribution in [0.2, 0.25) is 0 Å². The molecule has 0 atom stereocenters. The number of carbonyl (C=O) groups is 3. The largest absolute Gasteiger partial charge is 0.331 e. The second kappa shape index (κ2) is 13.2. The van der Waals surface area contributed by atoms with Crippen molar-refractivity contribution in [1.29, 1.82) is 0 Å². The zero-order chi connectivity index (χ0) is 32.4. The molecule has 0 saturated carbocycles. The van der Waals surface area contributed by atoms with Crippen LogP contribution < -0.4 is 10.6 Å². The van der Waals surface area contributed by atoms with Crippen LogP contribution in [0.3, 0.4) is 0 Å². The number of amides is 6. The molecule has 2 saturated heterocycles. The van der Waals surface area contributed by atoms with E-state index in [1.54, 1.807) is 61.9 Å². The fourth-order valence-electron chi connectivity index (χ4n) is 7.40. The Bertz CT molecular complexity index is 862. The Morgan fingerprint density at radius 2 is 0.762 bits per heavy atom. The molecule has 0 spiro atoms. The summed E-state index contributed by atoms with van der Waals surface area (Å²) in [6.45, 7) is 19.1. The average Bonchev–Trinajstić information content (AvgIpc) is 2.77. The standard InChI is InChI=1S/C31H62N8O3/c1-28(2)19-23(20-29(3,4)32-28)38(26(41)35(11)12)17-15-37(25(40)34(9)10)16-18-39(27(42)36(13)14)24-21-30(5,6)33-31(7,8)22-24/h23-24,32-33H,15-22H2,1-14H3. The zero-order valence-corrected chi connectivity index (χ0v) is 29.2. The number of rotatable bonds is 8. The van der Waals surface area contributed by atoms with Gasteiger partial charge >= 0.3 is 18.1 Å². The maximum absolute atomic E-state index is 13.5. The molecule has 2 rings (SSSR count). The molecule has 2 aliphatic rings. The quantitative estimate of drug-likeness (QED) is 0.448. The van der Waals surface area contributed by atoms with Crippen molar-refractivity contribution >= 4 is 18.1 Å². The molecule has 2 heterocycles. The number of piperidine rings is 2. The predicted molar refractivity (Wildman–Crippen MR) is 171 cm³/mol. The number of hydrogen-bond acceptors (Lipinski definition) is 5. The Hall–Kier alpha value is -2.27. The highest BCUT2D eigenvalue weighted by Gasteiger charge is 2.43. The second-order valence-corrected chi connectivity index (χ2v) is 15.8. The highest BCUT2D eigenvalue weighted by molar-refractivity contribution is 5.76. The summed E-state index contributed by atoms with van der Waals surface area (Å²) < 4.78 is 0. The molecule has 6 amide bonds. The highest BCUT2D eigenvalue weighted by atomic mass is 16.2. The van der Waals surface area contributed by atoms with E-state index in [-0.39, 0.29) is 52.3 Å². The van der Waals surface area contributed by atoms with Gasteiger partial charge in [-0.05, 0) is 81.1 Å². The monoisotopic (exact) mass is 594 g/mol. The summed E-state index contributed by atoms with van der Waals surface area (Å²) in [6, 6.07) is -0.146. The molecule has 2 aliphatic heterocycles. The summed E-state index contributed by atoms with van der Waals surface area (Å²) in [6.07, 6.45) is 3.29. The maximum Gasteiger partial charge on any atom is 0.319 e. The number of nitrogens with one attached hydrogen (secondary N) is 2. The van der Waals surface area contributed by atoms with E-state index in [0.717, 1.165) is 25.7 Å². The average molecular weight is 595 g/mol. The third kappa shape index (κ3) is 9.89. The molecule has 2 N–H and O–H groups in total. The van der Waals surface area contributed by atoms with E-state index in [0.29, 0.717) is 26.2 Å². The summed E-state index contributed by atoms with van der Waals surface area (Å²) in [4.78, 5) is 50.9. The molecular formula is C31H62N8O3. The Labute approximate surface area is 256 Å². The smallest absolute Gasteiger partial charge is 0.319 e. The number of carbonyl (C=O) groups excluding carboxylic acids is 3. The SMILES string of the molecule is CN(C)C(=O)N(CCN(C(=O)N(C)C)C1CC(C)(C)NC(C)(C)C1)CCN(C(=O)N(C)C)C1CC(C)(C)NC(C)(C)C1. The van der Waals surface area contributed by atoms with Gasteiger partial charge in [0.2, 0.25) is 0 Å². The van der Waals surface area contributed by atoms with Gasteiger partial charge in [-0.3, -0.25) is 0 Å². The molecule has 244 valence electrons. The lowest BCUT2D eigenvalue weighted by atomic mass is 9.79. The third-order valence-corrected chi connectivity index (χ3v) is 8.35. The van der Waals surface area contributed by atoms with Crippen molar-refractivity contribution in [2.24, 2.45) is 0 Å². The number of urea groups is 3. The molecule has 11 heteroatoms. The molecule has 0 radical (unpaired) electrons. The van der Waals surface area contributed by atoms with Crippen molar-refractivity contribution in [2.75, 3.05) is 68.5 Å². The van der Waals surface area contributed by atoms with Crippen LogP contribution in [0.5, 0.6) is 0 Å². The second-order valence-electron chi connectivity index (χ2n) is 15.8. The molecule has 2 fully saturated rings. The van der Waals surface area contributed by atoms with Crippen LogP contribution >= 0.6 is 0 Å². The number of hydrogen-bond donors (Lipinski definition) is 2. The van der Waals surface area contributed by atoms with Crippen LogP contribution in [0, 0.1) is 0 Å². The molecule has 11 nitrogen and oxygen atoms in total. The van der Waals surface area contributed by atoms with Gasteiger partial charge in [-0.1, -0.05) is 0 Å². The van der Waals surface area contributed by atoms with Crippen molar-refractivity contribution in [3.63, 3.8) is 0 Å². The van der Waals surface area contributed by atoms with Gasteiger partial charge in [0.15, 0.2) is 0 Å². The van der Waals surface area contributed by atoms with Gasteiger partial charge in [-0.2, -0.15) is 0 Å². The fraction of sp³-hybridized carbons (Fsp3) is 0.903. The van der Waals surface area contributed by atoms with Crippen molar-refractivity contribution in [3.05, 3.63) is 0 Å².